The zero-order valence-electron chi connectivity index (χ0n) is 40.4. The van der Waals surface area contributed by atoms with Gasteiger partial charge in [0, 0.05) is 36.5 Å². The second-order valence-corrected chi connectivity index (χ2v) is 21.3. The monoisotopic (exact) mass is 913 g/mol. The van der Waals surface area contributed by atoms with Crippen molar-refractivity contribution in [2.75, 3.05) is 26.4 Å². The van der Waals surface area contributed by atoms with Crippen LogP contribution in [0.15, 0.2) is 97.1 Å². The topological polar surface area (TPSA) is 73.8 Å². The lowest BCUT2D eigenvalue weighted by molar-refractivity contribution is -0.106. The third kappa shape index (κ3) is 10.7. The van der Waals surface area contributed by atoms with Gasteiger partial charge in [-0.2, -0.15) is 0 Å². The van der Waals surface area contributed by atoms with Crippen molar-refractivity contribution in [3.63, 3.8) is 0 Å². The minimum absolute atomic E-state index is 0.0913. The summed E-state index contributed by atoms with van der Waals surface area (Å²) in [5.41, 5.74) is 5.51. The fourth-order valence-electron chi connectivity index (χ4n) is 12.8. The van der Waals surface area contributed by atoms with E-state index < -0.39 is 0 Å². The standard InChI is InChI=1S/C59H76O8/c1-57(2,43-31-35-58(36-32-43,45-15-23-49(24-16-45)64-53-11-3-7-39-60-53)46-17-25-50(26-18-46)65-54-12-4-8-40-61-54)44-33-37-59(38-34-44,47-19-27-51(28-20-47)66-55-13-5-9-41-62-55)48-21-29-52(30-22-48)67-56-14-6-10-42-63-56/h15-30,43-44,53-56H,3-14,31-42H2,1-2H3. The average Bonchev–Trinajstić information content (AvgIpc) is 3.38. The van der Waals surface area contributed by atoms with Gasteiger partial charge in [0.1, 0.15) is 23.0 Å². The molecule has 10 rings (SSSR count). The first-order valence-corrected chi connectivity index (χ1v) is 26.4. The summed E-state index contributed by atoms with van der Waals surface area (Å²) in [5, 5.41) is 0. The van der Waals surface area contributed by atoms with E-state index in [1.807, 2.05) is 0 Å². The summed E-state index contributed by atoms with van der Waals surface area (Å²) in [6, 6.07) is 36.0. The molecule has 4 aromatic carbocycles. The Hall–Kier alpha value is -4.08. The summed E-state index contributed by atoms with van der Waals surface area (Å²) in [7, 11) is 0. The van der Waals surface area contributed by atoms with Crippen molar-refractivity contribution in [1.82, 2.24) is 0 Å². The van der Waals surface area contributed by atoms with E-state index in [-0.39, 0.29) is 41.4 Å². The maximum absolute atomic E-state index is 6.32. The summed E-state index contributed by atoms with van der Waals surface area (Å²) >= 11 is 0. The van der Waals surface area contributed by atoms with Gasteiger partial charge >= 0.3 is 0 Å². The predicted octanol–water partition coefficient (Wildman–Crippen LogP) is 14.0. The first-order chi connectivity index (χ1) is 32.8. The average molecular weight is 913 g/mol. The number of rotatable bonds is 14. The van der Waals surface area contributed by atoms with Crippen LogP contribution in [0.3, 0.4) is 0 Å². The second kappa shape index (κ2) is 21.3. The van der Waals surface area contributed by atoms with Crippen LogP contribution in [0.4, 0.5) is 0 Å². The van der Waals surface area contributed by atoms with E-state index in [0.29, 0.717) is 11.8 Å². The Morgan fingerprint density at radius 3 is 0.791 bits per heavy atom. The van der Waals surface area contributed by atoms with Gasteiger partial charge in [0.25, 0.3) is 0 Å². The van der Waals surface area contributed by atoms with Crippen molar-refractivity contribution >= 4 is 0 Å². The maximum atomic E-state index is 6.32. The summed E-state index contributed by atoms with van der Waals surface area (Å²) < 4.78 is 49.0. The highest BCUT2D eigenvalue weighted by Crippen LogP contribution is 2.57. The summed E-state index contributed by atoms with van der Waals surface area (Å²) in [6.45, 7) is 8.30. The van der Waals surface area contributed by atoms with Crippen LogP contribution in [-0.4, -0.2) is 51.6 Å². The molecule has 2 aliphatic carbocycles. The van der Waals surface area contributed by atoms with Gasteiger partial charge in [0.15, 0.2) is 25.2 Å². The molecule has 4 aromatic rings. The van der Waals surface area contributed by atoms with Gasteiger partial charge in [0.2, 0.25) is 0 Å². The highest BCUT2D eigenvalue weighted by Gasteiger charge is 2.48. The van der Waals surface area contributed by atoms with Gasteiger partial charge in [-0.05, 0) is 191 Å². The molecule has 0 amide bonds. The molecule has 4 atom stereocenters. The lowest BCUT2D eigenvalue weighted by atomic mass is 9.53. The smallest absolute Gasteiger partial charge is 0.199 e. The van der Waals surface area contributed by atoms with Crippen LogP contribution >= 0.6 is 0 Å². The molecule has 8 heteroatoms. The minimum atomic E-state index is -0.153. The van der Waals surface area contributed by atoms with Crippen LogP contribution in [0.1, 0.15) is 165 Å². The molecule has 0 bridgehead atoms. The number of hydrogen-bond acceptors (Lipinski definition) is 8. The molecule has 8 nitrogen and oxygen atoms in total. The fraction of sp³-hybridized carbons (Fsp3) is 0.593. The van der Waals surface area contributed by atoms with Crippen LogP contribution in [0, 0.1) is 17.3 Å². The first-order valence-electron chi connectivity index (χ1n) is 26.4. The molecule has 4 aliphatic heterocycles. The van der Waals surface area contributed by atoms with Gasteiger partial charge in [-0.3, -0.25) is 0 Å². The molecule has 4 unspecified atom stereocenters. The molecular formula is C59H76O8. The first kappa shape index (κ1) is 46.6. The van der Waals surface area contributed by atoms with E-state index in [9.17, 15) is 0 Å². The number of ether oxygens (including phenoxy) is 8. The third-order valence-corrected chi connectivity index (χ3v) is 17.0. The van der Waals surface area contributed by atoms with Crippen LogP contribution in [0.2, 0.25) is 0 Å². The Balaban J connectivity index is 0.857. The maximum Gasteiger partial charge on any atom is 0.199 e. The van der Waals surface area contributed by atoms with Crippen molar-refractivity contribution in [2.24, 2.45) is 17.3 Å². The van der Waals surface area contributed by atoms with Crippen molar-refractivity contribution in [2.45, 2.75) is 178 Å². The Morgan fingerprint density at radius 1 is 0.343 bits per heavy atom. The zero-order valence-corrected chi connectivity index (χ0v) is 40.4. The normalized spacial score (nSPS) is 30.8. The summed E-state index contributed by atoms with van der Waals surface area (Å²) in [6.07, 6.45) is 21.4. The van der Waals surface area contributed by atoms with Gasteiger partial charge in [0.05, 0.1) is 26.4 Å². The highest BCUT2D eigenvalue weighted by atomic mass is 16.7. The van der Waals surface area contributed by atoms with E-state index >= 15 is 0 Å². The number of hydrogen-bond donors (Lipinski definition) is 0. The van der Waals surface area contributed by atoms with Crippen molar-refractivity contribution in [3.8, 4) is 23.0 Å². The van der Waals surface area contributed by atoms with Crippen molar-refractivity contribution < 1.29 is 37.9 Å². The van der Waals surface area contributed by atoms with E-state index in [2.05, 4.69) is 111 Å². The van der Waals surface area contributed by atoms with Crippen molar-refractivity contribution in [1.29, 1.82) is 0 Å². The van der Waals surface area contributed by atoms with Crippen molar-refractivity contribution in [3.05, 3.63) is 119 Å². The van der Waals surface area contributed by atoms with E-state index in [4.69, 9.17) is 37.9 Å². The Bertz CT molecular complexity index is 1830. The predicted molar refractivity (Wildman–Crippen MR) is 262 cm³/mol. The van der Waals surface area contributed by atoms with E-state index in [1.165, 1.54) is 47.9 Å². The Kier molecular flexibility index (Phi) is 14.8. The van der Waals surface area contributed by atoms with Gasteiger partial charge in [-0.15, -0.1) is 0 Å². The third-order valence-electron chi connectivity index (χ3n) is 17.0. The van der Waals surface area contributed by atoms with Gasteiger partial charge < -0.3 is 37.9 Å². The molecule has 0 radical (unpaired) electrons. The lowest BCUT2D eigenvalue weighted by Gasteiger charge is -2.51. The van der Waals surface area contributed by atoms with E-state index in [1.54, 1.807) is 0 Å². The zero-order chi connectivity index (χ0) is 45.5. The lowest BCUT2D eigenvalue weighted by Crippen LogP contribution is -2.43. The molecule has 0 N–H and O–H groups in total. The summed E-state index contributed by atoms with van der Waals surface area (Å²) in [5.74, 6) is 4.83. The highest BCUT2D eigenvalue weighted by molar-refractivity contribution is 5.46. The van der Waals surface area contributed by atoms with E-state index in [0.717, 1.165) is 152 Å². The van der Waals surface area contributed by atoms with Crippen LogP contribution in [-0.2, 0) is 29.8 Å². The summed E-state index contributed by atoms with van der Waals surface area (Å²) in [4.78, 5) is 0. The Labute approximate surface area is 400 Å². The Morgan fingerprint density at radius 2 is 0.582 bits per heavy atom. The van der Waals surface area contributed by atoms with Crippen LogP contribution in [0.25, 0.3) is 0 Å². The molecule has 4 heterocycles. The second-order valence-electron chi connectivity index (χ2n) is 21.3. The van der Waals surface area contributed by atoms with Gasteiger partial charge in [-0.25, -0.2) is 0 Å². The van der Waals surface area contributed by atoms with Gasteiger partial charge in [-0.1, -0.05) is 62.4 Å². The molecular weight excluding hydrogens is 837 g/mol. The quantitative estimate of drug-likeness (QED) is 0.124. The molecule has 67 heavy (non-hydrogen) atoms. The van der Waals surface area contributed by atoms with Crippen LogP contribution < -0.4 is 18.9 Å². The van der Waals surface area contributed by atoms with Crippen LogP contribution in [0.5, 0.6) is 23.0 Å². The number of benzene rings is 4. The molecule has 0 aromatic heterocycles. The largest absolute Gasteiger partial charge is 0.465 e. The minimum Gasteiger partial charge on any atom is -0.465 e. The molecule has 2 saturated carbocycles. The molecule has 6 fully saturated rings. The fourth-order valence-corrected chi connectivity index (χ4v) is 12.8. The SMILES string of the molecule is CC(C)(C1CCC(c2ccc(OC3CCCCO3)cc2)(c2ccc(OC3CCCCO3)cc2)CC1)C1CCC(c2ccc(OC3CCCCO3)cc2)(c2ccc(OC3CCCCO3)cc2)CC1. The molecule has 6 aliphatic rings. The molecule has 4 saturated heterocycles. The molecule has 360 valence electrons. The molecule has 0 spiro atoms.